The molecule has 35 heavy (non-hydrogen) atoms. The van der Waals surface area contributed by atoms with Gasteiger partial charge in [0.05, 0.1) is 11.4 Å². The van der Waals surface area contributed by atoms with Gasteiger partial charge in [-0.15, -0.1) is 11.3 Å². The van der Waals surface area contributed by atoms with Gasteiger partial charge in [0, 0.05) is 17.1 Å². The molecule has 8 nitrogen and oxygen atoms in total. The van der Waals surface area contributed by atoms with E-state index in [1.165, 1.54) is 11.3 Å². The van der Waals surface area contributed by atoms with Crippen LogP contribution in [0.2, 0.25) is 0 Å². The van der Waals surface area contributed by atoms with Gasteiger partial charge >= 0.3 is 6.09 Å². The topological polar surface area (TPSA) is 99.8 Å². The second-order valence-corrected chi connectivity index (χ2v) is 10.9. The van der Waals surface area contributed by atoms with Gasteiger partial charge in [0.15, 0.2) is 0 Å². The summed E-state index contributed by atoms with van der Waals surface area (Å²) >= 11 is 1.34. The fourth-order valence-electron chi connectivity index (χ4n) is 3.21. The fraction of sp³-hybridized carbons (Fsp3) is 0.500. The van der Waals surface area contributed by atoms with Crippen LogP contribution >= 0.6 is 11.3 Å². The maximum absolute atomic E-state index is 13.2. The van der Waals surface area contributed by atoms with E-state index < -0.39 is 23.6 Å². The van der Waals surface area contributed by atoms with Gasteiger partial charge in [-0.3, -0.25) is 9.59 Å². The Labute approximate surface area is 212 Å². The van der Waals surface area contributed by atoms with E-state index in [0.717, 1.165) is 35.5 Å². The molecule has 1 atom stereocenters. The molecule has 0 aliphatic carbocycles. The lowest BCUT2D eigenvalue weighted by Gasteiger charge is -2.22. The maximum atomic E-state index is 13.2. The Morgan fingerprint density at radius 1 is 1.11 bits per heavy atom. The molecular weight excluding hydrogens is 464 g/mol. The molecule has 0 spiro atoms. The van der Waals surface area contributed by atoms with Crippen molar-refractivity contribution in [3.63, 3.8) is 0 Å². The number of benzene rings is 1. The zero-order valence-electron chi connectivity index (χ0n) is 21.8. The molecule has 1 aromatic carbocycles. The number of anilines is 1. The molecule has 0 bridgehead atoms. The first-order valence-electron chi connectivity index (χ1n) is 11.8. The highest BCUT2D eigenvalue weighted by Gasteiger charge is 2.25. The first-order chi connectivity index (χ1) is 16.4. The van der Waals surface area contributed by atoms with Crippen LogP contribution in [0.15, 0.2) is 30.3 Å². The van der Waals surface area contributed by atoms with Gasteiger partial charge in [0.1, 0.15) is 11.6 Å². The van der Waals surface area contributed by atoms with Crippen molar-refractivity contribution in [1.82, 2.24) is 15.5 Å². The lowest BCUT2D eigenvalue weighted by Crippen LogP contribution is -2.51. The highest BCUT2D eigenvalue weighted by atomic mass is 32.1. The number of aryl methyl sites for hydroxylation is 2. The Bertz CT molecular complexity index is 1030. The molecule has 0 aliphatic heterocycles. The van der Waals surface area contributed by atoms with Crippen LogP contribution in [0.25, 0.3) is 0 Å². The van der Waals surface area contributed by atoms with Crippen molar-refractivity contribution < 1.29 is 19.1 Å². The van der Waals surface area contributed by atoms with Crippen molar-refractivity contribution in [3.05, 3.63) is 51.2 Å². The van der Waals surface area contributed by atoms with Gasteiger partial charge in [-0.2, -0.15) is 0 Å². The molecule has 192 valence electrons. The first-order valence-corrected chi connectivity index (χ1v) is 12.6. The van der Waals surface area contributed by atoms with Gasteiger partial charge in [0.25, 0.3) is 5.91 Å². The van der Waals surface area contributed by atoms with Crippen molar-refractivity contribution in [1.29, 1.82) is 0 Å². The third kappa shape index (κ3) is 9.70. The normalized spacial score (nSPS) is 12.2. The van der Waals surface area contributed by atoms with Crippen LogP contribution in [0.4, 0.5) is 10.5 Å². The number of likely N-dealkylation sites (N-methyl/N-ethyl adjacent to an activating group) is 1. The van der Waals surface area contributed by atoms with Crippen LogP contribution in [0.1, 0.15) is 53.4 Å². The van der Waals surface area contributed by atoms with Crippen molar-refractivity contribution >= 4 is 34.9 Å². The molecule has 0 unspecified atom stereocenters. The number of rotatable bonds is 10. The highest BCUT2D eigenvalue weighted by Crippen LogP contribution is 2.18. The zero-order valence-corrected chi connectivity index (χ0v) is 22.6. The molecule has 0 aliphatic rings. The Balaban J connectivity index is 2.14. The largest absolute Gasteiger partial charge is 0.444 e. The van der Waals surface area contributed by atoms with E-state index in [9.17, 15) is 14.4 Å². The molecule has 3 N–H and O–H groups in total. The summed E-state index contributed by atoms with van der Waals surface area (Å²) in [7, 11) is 2.07. The third-order valence-corrected chi connectivity index (χ3v) is 6.35. The summed E-state index contributed by atoms with van der Waals surface area (Å²) in [4.78, 5) is 41.8. The SMILES string of the molecule is CCN(C)CCc1cc(NC(=O)[C@@H](CNC(=O)OC(C)(C)C)NC(=O)c2ccc(C)s2)ccc1C. The Kier molecular flexibility index (Phi) is 10.3. The van der Waals surface area contributed by atoms with Crippen molar-refractivity contribution in [2.45, 2.75) is 59.6 Å². The smallest absolute Gasteiger partial charge is 0.407 e. The van der Waals surface area contributed by atoms with Crippen LogP contribution in [0.3, 0.4) is 0 Å². The second kappa shape index (κ2) is 12.7. The zero-order chi connectivity index (χ0) is 26.2. The minimum Gasteiger partial charge on any atom is -0.444 e. The van der Waals surface area contributed by atoms with Crippen molar-refractivity contribution in [3.8, 4) is 0 Å². The molecular formula is C26H38N4O4S. The maximum Gasteiger partial charge on any atom is 0.407 e. The van der Waals surface area contributed by atoms with Crippen molar-refractivity contribution in [2.24, 2.45) is 0 Å². The molecule has 0 fully saturated rings. The summed E-state index contributed by atoms with van der Waals surface area (Å²) in [6, 6.07) is 8.33. The number of carbonyl (C=O) groups is 3. The van der Waals surface area contributed by atoms with Gasteiger partial charge in [0.2, 0.25) is 5.91 Å². The molecule has 2 rings (SSSR count). The number of thiophene rings is 1. The Hall–Kier alpha value is -2.91. The molecule has 1 heterocycles. The third-order valence-electron chi connectivity index (χ3n) is 5.35. The first kappa shape index (κ1) is 28.3. The fourth-order valence-corrected chi connectivity index (χ4v) is 3.98. The Morgan fingerprint density at radius 3 is 2.43 bits per heavy atom. The minimum atomic E-state index is -0.992. The molecule has 3 amide bonds. The second-order valence-electron chi connectivity index (χ2n) is 9.60. The standard InChI is InChI=1S/C26H38N4O4S/c1-8-30(7)14-13-19-15-20(11-9-17(19)2)28-23(31)21(16-27-25(33)34-26(4,5)6)29-24(32)22-12-10-18(3)35-22/h9-12,15,21H,8,13-14,16H2,1-7H3,(H,27,33)(H,28,31)(H,29,32)/t21-/m1/s1. The number of hydrogen-bond donors (Lipinski definition) is 3. The molecule has 0 saturated heterocycles. The lowest BCUT2D eigenvalue weighted by molar-refractivity contribution is -0.117. The average molecular weight is 503 g/mol. The molecule has 0 saturated carbocycles. The number of hydrogen-bond acceptors (Lipinski definition) is 6. The van der Waals surface area contributed by atoms with Crippen LogP contribution in [0, 0.1) is 13.8 Å². The lowest BCUT2D eigenvalue weighted by atomic mass is 10.0. The molecule has 2 aromatic rings. The van der Waals surface area contributed by atoms with E-state index in [2.05, 4.69) is 34.8 Å². The number of ether oxygens (including phenoxy) is 1. The van der Waals surface area contributed by atoms with E-state index in [1.807, 2.05) is 38.1 Å². The van der Waals surface area contributed by atoms with Gasteiger partial charge in [-0.25, -0.2) is 4.79 Å². The summed E-state index contributed by atoms with van der Waals surface area (Å²) in [5, 5.41) is 8.22. The predicted octanol–water partition coefficient (Wildman–Crippen LogP) is 4.12. The van der Waals surface area contributed by atoms with Crippen LogP contribution in [-0.2, 0) is 16.0 Å². The van der Waals surface area contributed by atoms with E-state index in [1.54, 1.807) is 26.8 Å². The predicted molar refractivity (Wildman–Crippen MR) is 141 cm³/mol. The summed E-state index contributed by atoms with van der Waals surface area (Å²) in [6.07, 6.45) is 0.201. The number of nitrogens with one attached hydrogen (secondary N) is 3. The quantitative estimate of drug-likeness (QED) is 0.454. The number of alkyl carbamates (subject to hydrolysis) is 1. The molecule has 0 radical (unpaired) electrons. The van der Waals surface area contributed by atoms with Gasteiger partial charge in [-0.05, 0) is 90.0 Å². The van der Waals surface area contributed by atoms with E-state index in [-0.39, 0.29) is 12.5 Å². The average Bonchev–Trinajstić information content (AvgIpc) is 3.21. The Morgan fingerprint density at radius 2 is 1.83 bits per heavy atom. The summed E-state index contributed by atoms with van der Waals surface area (Å²) in [6.45, 7) is 13.1. The summed E-state index contributed by atoms with van der Waals surface area (Å²) in [5.41, 5.74) is 2.25. The number of carbonyl (C=O) groups excluding carboxylic acids is 3. The monoisotopic (exact) mass is 502 g/mol. The van der Waals surface area contributed by atoms with E-state index in [4.69, 9.17) is 4.74 Å². The van der Waals surface area contributed by atoms with Crippen LogP contribution < -0.4 is 16.0 Å². The van der Waals surface area contributed by atoms with E-state index in [0.29, 0.717) is 10.6 Å². The van der Waals surface area contributed by atoms with Crippen molar-refractivity contribution in [2.75, 3.05) is 32.0 Å². The summed E-state index contributed by atoms with van der Waals surface area (Å²) < 4.78 is 5.27. The van der Waals surface area contributed by atoms with Gasteiger partial charge < -0.3 is 25.6 Å². The minimum absolute atomic E-state index is 0.114. The van der Waals surface area contributed by atoms with Gasteiger partial charge in [-0.1, -0.05) is 13.0 Å². The highest BCUT2D eigenvalue weighted by molar-refractivity contribution is 7.13. The van der Waals surface area contributed by atoms with E-state index >= 15 is 0 Å². The molecule has 1 aromatic heterocycles. The number of nitrogens with zero attached hydrogens (tertiary/aromatic N) is 1. The van der Waals surface area contributed by atoms with Crippen LogP contribution in [-0.4, -0.2) is 61.1 Å². The number of amides is 3. The summed E-state index contributed by atoms with van der Waals surface area (Å²) in [5.74, 6) is -0.801. The molecule has 9 heteroatoms. The van der Waals surface area contributed by atoms with Crippen LogP contribution in [0.5, 0.6) is 0 Å².